The first kappa shape index (κ1) is 22.0. The molecule has 0 aliphatic carbocycles. The molecule has 1 N–H and O–H groups in total. The van der Waals surface area contributed by atoms with Crippen molar-refractivity contribution in [2.75, 3.05) is 0 Å². The van der Waals surface area contributed by atoms with Crippen molar-refractivity contribution in [2.24, 2.45) is 5.92 Å². The van der Waals surface area contributed by atoms with E-state index in [4.69, 9.17) is 0 Å². The van der Waals surface area contributed by atoms with Gasteiger partial charge >= 0.3 is 0 Å². The second-order valence-corrected chi connectivity index (χ2v) is 10.8. The van der Waals surface area contributed by atoms with Gasteiger partial charge in [0.05, 0.1) is 11.5 Å². The number of hydrogen-bond acceptors (Lipinski definition) is 2. The van der Waals surface area contributed by atoms with E-state index in [2.05, 4.69) is 25.0 Å². The molecule has 4 heteroatoms. The Balaban J connectivity index is 2.13. The van der Waals surface area contributed by atoms with E-state index in [0.29, 0.717) is 5.92 Å². The van der Waals surface area contributed by atoms with Crippen molar-refractivity contribution in [1.82, 2.24) is 5.09 Å². The summed E-state index contributed by atoms with van der Waals surface area (Å²) in [7, 11) is -3.17. The zero-order valence-electron chi connectivity index (χ0n) is 17.8. The van der Waals surface area contributed by atoms with Gasteiger partial charge in [-0.25, -0.2) is 0 Å². The zero-order valence-corrected chi connectivity index (χ0v) is 18.7. The van der Waals surface area contributed by atoms with Crippen LogP contribution in [0.25, 0.3) is 0 Å². The standard InChI is InChI=1S/C26H29N2OP/c1-21(2)19-25(26(3,20-27)22-13-7-4-8-14-22)28-30(29,23-15-9-5-10-16-23)24-17-11-6-12-18-24/h4-18,21,25H,19H2,1-3H3,(H,28,29)/t25-,26-/m1/s1. The van der Waals surface area contributed by atoms with Gasteiger partial charge in [0.1, 0.15) is 0 Å². The van der Waals surface area contributed by atoms with Gasteiger partial charge in [-0.1, -0.05) is 80.6 Å². The maximum Gasteiger partial charge on any atom is 0.204 e. The highest BCUT2D eigenvalue weighted by Crippen LogP contribution is 2.43. The van der Waals surface area contributed by atoms with Gasteiger partial charge in [-0.2, -0.15) is 5.26 Å². The number of nitrogens with one attached hydrogen (secondary N) is 1. The van der Waals surface area contributed by atoms with Crippen molar-refractivity contribution in [3.8, 4) is 6.07 Å². The molecule has 0 aliphatic rings. The van der Waals surface area contributed by atoms with Gasteiger partial charge in [-0.15, -0.1) is 0 Å². The Hall–Kier alpha value is -2.66. The SMILES string of the molecule is CC(C)C[C@@H](NP(=O)(c1ccccc1)c1ccccc1)[C@](C)(C#N)c1ccccc1. The molecule has 0 saturated heterocycles. The molecule has 0 bridgehead atoms. The molecule has 30 heavy (non-hydrogen) atoms. The Labute approximate surface area is 180 Å². The average Bonchev–Trinajstić information content (AvgIpc) is 2.79. The molecule has 0 aliphatic heterocycles. The maximum atomic E-state index is 14.6. The van der Waals surface area contributed by atoms with Crippen LogP contribution in [0.15, 0.2) is 91.0 Å². The Bertz CT molecular complexity index is 985. The summed E-state index contributed by atoms with van der Waals surface area (Å²) in [5.74, 6) is 0.332. The van der Waals surface area contributed by atoms with Crippen LogP contribution in [-0.2, 0) is 9.98 Å². The molecule has 2 atom stereocenters. The van der Waals surface area contributed by atoms with Crippen molar-refractivity contribution in [3.05, 3.63) is 96.6 Å². The lowest BCUT2D eigenvalue weighted by Gasteiger charge is -2.37. The molecule has 0 aromatic heterocycles. The topological polar surface area (TPSA) is 52.9 Å². The third-order valence-corrected chi connectivity index (χ3v) is 8.31. The lowest BCUT2D eigenvalue weighted by molar-refractivity contribution is 0.365. The van der Waals surface area contributed by atoms with Crippen molar-refractivity contribution in [3.63, 3.8) is 0 Å². The first-order valence-electron chi connectivity index (χ1n) is 10.4. The molecule has 0 saturated carbocycles. The molecule has 154 valence electrons. The molecule has 3 aromatic carbocycles. The third kappa shape index (κ3) is 4.57. The van der Waals surface area contributed by atoms with E-state index in [9.17, 15) is 9.83 Å². The summed E-state index contributed by atoms with van der Waals surface area (Å²) in [6.07, 6.45) is 0.725. The molecular weight excluding hydrogens is 387 g/mol. The fraction of sp³-hybridized carbons (Fsp3) is 0.269. The number of rotatable bonds is 8. The van der Waals surface area contributed by atoms with Crippen molar-refractivity contribution >= 4 is 17.9 Å². The first-order chi connectivity index (χ1) is 14.4. The molecular formula is C26H29N2OP. The van der Waals surface area contributed by atoms with Gasteiger partial charge in [0, 0.05) is 16.7 Å². The van der Waals surface area contributed by atoms with E-state index in [0.717, 1.165) is 22.6 Å². The molecule has 0 amide bonds. The van der Waals surface area contributed by atoms with Crippen LogP contribution >= 0.6 is 7.29 Å². The summed E-state index contributed by atoms with van der Waals surface area (Å²) in [5.41, 5.74) is 0.100. The summed E-state index contributed by atoms with van der Waals surface area (Å²) in [6.45, 7) is 6.21. The van der Waals surface area contributed by atoms with E-state index in [1.165, 1.54) is 0 Å². The molecule has 3 aromatic rings. The predicted molar refractivity (Wildman–Crippen MR) is 126 cm³/mol. The second kappa shape index (κ2) is 9.43. The molecule has 3 nitrogen and oxygen atoms in total. The minimum absolute atomic E-state index is 0.295. The third-order valence-electron chi connectivity index (χ3n) is 5.59. The molecule has 0 radical (unpaired) electrons. The number of hydrogen-bond donors (Lipinski definition) is 1. The van der Waals surface area contributed by atoms with Gasteiger partial charge in [0.15, 0.2) is 0 Å². The average molecular weight is 417 g/mol. The summed E-state index contributed by atoms with van der Waals surface area (Å²) >= 11 is 0. The van der Waals surface area contributed by atoms with Crippen LogP contribution in [0.4, 0.5) is 0 Å². The Morgan fingerprint density at radius 1 is 0.867 bits per heavy atom. The van der Waals surface area contributed by atoms with Crippen molar-refractivity contribution in [2.45, 2.75) is 38.6 Å². The Kier molecular flexibility index (Phi) is 6.93. The van der Waals surface area contributed by atoms with Gasteiger partial charge in [-0.05, 0) is 49.1 Å². The highest BCUT2D eigenvalue weighted by atomic mass is 31.2. The molecule has 0 heterocycles. The zero-order chi connectivity index (χ0) is 21.6. The summed E-state index contributed by atoms with van der Waals surface area (Å²) in [5, 5.41) is 15.3. The van der Waals surface area contributed by atoms with Gasteiger partial charge < -0.3 is 0 Å². The number of nitrogens with zero attached hydrogens (tertiary/aromatic N) is 1. The first-order valence-corrected chi connectivity index (χ1v) is 12.1. The fourth-order valence-corrected chi connectivity index (χ4v) is 6.39. The van der Waals surface area contributed by atoms with E-state index in [1.807, 2.05) is 97.9 Å². The number of benzene rings is 3. The molecule has 0 unspecified atom stereocenters. The van der Waals surface area contributed by atoms with Gasteiger partial charge in [-0.3, -0.25) is 9.65 Å². The lowest BCUT2D eigenvalue weighted by atomic mass is 9.75. The van der Waals surface area contributed by atoms with E-state index >= 15 is 0 Å². The maximum absolute atomic E-state index is 14.6. The minimum atomic E-state index is -3.17. The minimum Gasteiger partial charge on any atom is -0.297 e. The highest BCUT2D eigenvalue weighted by molar-refractivity contribution is 7.76. The van der Waals surface area contributed by atoms with Crippen LogP contribution < -0.4 is 15.7 Å². The highest BCUT2D eigenvalue weighted by Gasteiger charge is 2.41. The Morgan fingerprint density at radius 3 is 1.70 bits per heavy atom. The normalized spacial score (nSPS) is 14.6. The quantitative estimate of drug-likeness (QED) is 0.500. The summed E-state index contributed by atoms with van der Waals surface area (Å²) in [4.78, 5) is 0. The Morgan fingerprint density at radius 2 is 1.30 bits per heavy atom. The summed E-state index contributed by atoms with van der Waals surface area (Å²) in [6, 6.07) is 31.1. The van der Waals surface area contributed by atoms with Crippen molar-refractivity contribution < 1.29 is 4.57 Å². The second-order valence-electron chi connectivity index (χ2n) is 8.27. The van der Waals surface area contributed by atoms with E-state index in [1.54, 1.807) is 0 Å². The summed E-state index contributed by atoms with van der Waals surface area (Å²) < 4.78 is 14.6. The molecule has 0 spiro atoms. The lowest BCUT2D eigenvalue weighted by Crippen LogP contribution is -2.48. The van der Waals surface area contributed by atoms with Crippen LogP contribution in [0.1, 0.15) is 32.8 Å². The van der Waals surface area contributed by atoms with Crippen LogP contribution in [-0.4, -0.2) is 6.04 Å². The van der Waals surface area contributed by atoms with E-state index < -0.39 is 12.7 Å². The van der Waals surface area contributed by atoms with Gasteiger partial charge in [0.25, 0.3) is 0 Å². The van der Waals surface area contributed by atoms with Crippen LogP contribution in [0, 0.1) is 17.2 Å². The monoisotopic (exact) mass is 416 g/mol. The van der Waals surface area contributed by atoms with E-state index in [-0.39, 0.29) is 6.04 Å². The van der Waals surface area contributed by atoms with Crippen molar-refractivity contribution in [1.29, 1.82) is 5.26 Å². The van der Waals surface area contributed by atoms with Crippen LogP contribution in [0.2, 0.25) is 0 Å². The molecule has 0 fully saturated rings. The van der Waals surface area contributed by atoms with Crippen LogP contribution in [0.3, 0.4) is 0 Å². The fourth-order valence-electron chi connectivity index (χ4n) is 3.81. The predicted octanol–water partition coefficient (Wildman–Crippen LogP) is 5.40. The smallest absolute Gasteiger partial charge is 0.204 e. The number of nitriles is 1. The van der Waals surface area contributed by atoms with Gasteiger partial charge in [0.2, 0.25) is 7.29 Å². The van der Waals surface area contributed by atoms with Crippen LogP contribution in [0.5, 0.6) is 0 Å². The molecule has 3 rings (SSSR count). The largest absolute Gasteiger partial charge is 0.297 e.